The Morgan fingerprint density at radius 1 is 0.973 bits per heavy atom. The lowest BCUT2D eigenvalue weighted by Gasteiger charge is -2.14. The van der Waals surface area contributed by atoms with E-state index in [-0.39, 0.29) is 23.9 Å². The molecule has 0 aliphatic carbocycles. The van der Waals surface area contributed by atoms with Gasteiger partial charge in [0.25, 0.3) is 0 Å². The molecule has 0 bridgehead atoms. The molecule has 2 aromatic carbocycles. The Kier molecular flexibility index (Phi) is 11.7. The Hall–Kier alpha value is -3.11. The van der Waals surface area contributed by atoms with Gasteiger partial charge in [-0.1, -0.05) is 31.0 Å². The minimum atomic E-state index is -0.679. The van der Waals surface area contributed by atoms with E-state index < -0.39 is 6.10 Å². The van der Waals surface area contributed by atoms with Gasteiger partial charge in [0.15, 0.2) is 0 Å². The molecule has 9 nitrogen and oxygen atoms in total. The van der Waals surface area contributed by atoms with Gasteiger partial charge in [0.05, 0.1) is 24.6 Å². The summed E-state index contributed by atoms with van der Waals surface area (Å²) in [4.78, 5) is 14.2. The monoisotopic (exact) mass is 513 g/mol. The maximum atomic E-state index is 11.8. The van der Waals surface area contributed by atoms with E-state index in [0.717, 1.165) is 76.0 Å². The molecule has 0 spiro atoms. The topological polar surface area (TPSA) is 140 Å². The van der Waals surface area contributed by atoms with Crippen LogP contribution < -0.4 is 11.0 Å². The van der Waals surface area contributed by atoms with Crippen LogP contribution in [0.5, 0.6) is 11.6 Å². The number of benzene rings is 2. The van der Waals surface area contributed by atoms with Crippen LogP contribution in [0.15, 0.2) is 53.5 Å². The zero-order valence-electron chi connectivity index (χ0n) is 21.2. The molecule has 0 saturated heterocycles. The predicted molar refractivity (Wildman–Crippen MR) is 142 cm³/mol. The highest BCUT2D eigenvalue weighted by Crippen LogP contribution is 2.22. The molecule has 0 radical (unpaired) electrons. The normalized spacial score (nSPS) is 12.2. The fourth-order valence-electron chi connectivity index (χ4n) is 4.18. The number of aliphatic hydroxyl groups is 2. The zero-order chi connectivity index (χ0) is 26.5. The Morgan fingerprint density at radius 3 is 2.51 bits per heavy atom. The fraction of sp³-hybridized carbons (Fsp3) is 0.464. The summed E-state index contributed by atoms with van der Waals surface area (Å²) in [5, 5.41) is 41.8. The van der Waals surface area contributed by atoms with Crippen LogP contribution in [-0.4, -0.2) is 56.3 Å². The number of H-pyrrole nitrogens is 1. The average Bonchev–Trinajstić information content (AvgIpc) is 3.24. The molecule has 0 aliphatic heterocycles. The first-order chi connectivity index (χ1) is 18.0. The number of phenols is 1. The number of aliphatic hydroxyl groups excluding tert-OH is 2. The number of aryl methyl sites for hydroxylation is 1. The maximum Gasteiger partial charge on any atom is 0.332 e. The summed E-state index contributed by atoms with van der Waals surface area (Å²) >= 11 is 0. The average molecular weight is 514 g/mol. The molecule has 3 rings (SSSR count). The fourth-order valence-corrected chi connectivity index (χ4v) is 4.18. The van der Waals surface area contributed by atoms with E-state index in [1.165, 1.54) is 16.8 Å². The van der Waals surface area contributed by atoms with Crippen LogP contribution in [0.25, 0.3) is 5.69 Å². The summed E-state index contributed by atoms with van der Waals surface area (Å²) in [5.41, 5.74) is 2.61. The van der Waals surface area contributed by atoms with Crippen molar-refractivity contribution in [3.05, 3.63) is 75.8 Å². The number of aromatic amines is 1. The summed E-state index contributed by atoms with van der Waals surface area (Å²) < 4.78 is 7.15. The molecule has 6 N–H and O–H groups in total. The molecule has 3 aromatic rings. The van der Waals surface area contributed by atoms with Gasteiger partial charge in [-0.15, -0.1) is 0 Å². The SMILES string of the molecule is O=c1[nH]c(O)cn1-c1cccc(CCCCOCCCCCCNC[C@H](O)c2ccc(O)c(CO)c2)c1. The van der Waals surface area contributed by atoms with Crippen LogP contribution in [0.3, 0.4) is 0 Å². The van der Waals surface area contributed by atoms with E-state index in [9.17, 15) is 25.2 Å². The molecule has 0 aliphatic rings. The second-order valence-electron chi connectivity index (χ2n) is 9.23. The minimum absolute atomic E-state index is 0.0351. The van der Waals surface area contributed by atoms with Crippen molar-refractivity contribution in [2.75, 3.05) is 26.3 Å². The highest BCUT2D eigenvalue weighted by Gasteiger charge is 2.10. The molecule has 1 atom stereocenters. The van der Waals surface area contributed by atoms with Crippen molar-refractivity contribution in [3.8, 4) is 17.3 Å². The van der Waals surface area contributed by atoms with Gasteiger partial charge in [0.2, 0.25) is 5.88 Å². The van der Waals surface area contributed by atoms with E-state index in [4.69, 9.17) is 4.74 Å². The third-order valence-corrected chi connectivity index (χ3v) is 6.29. The first-order valence-corrected chi connectivity index (χ1v) is 13.0. The van der Waals surface area contributed by atoms with Crippen LogP contribution in [0.4, 0.5) is 0 Å². The van der Waals surface area contributed by atoms with E-state index >= 15 is 0 Å². The van der Waals surface area contributed by atoms with Gasteiger partial charge in [0, 0.05) is 25.3 Å². The lowest BCUT2D eigenvalue weighted by Crippen LogP contribution is -2.22. The number of rotatable bonds is 17. The number of unbranched alkanes of at least 4 members (excludes halogenated alkanes) is 4. The summed E-state index contributed by atoms with van der Waals surface area (Å²) in [6.07, 6.45) is 7.83. The van der Waals surface area contributed by atoms with Crippen molar-refractivity contribution in [1.29, 1.82) is 0 Å². The van der Waals surface area contributed by atoms with Crippen molar-refractivity contribution in [1.82, 2.24) is 14.9 Å². The summed E-state index contributed by atoms with van der Waals surface area (Å²) in [5.74, 6) is -0.113. The van der Waals surface area contributed by atoms with Gasteiger partial charge in [0.1, 0.15) is 5.75 Å². The molecule has 0 unspecified atom stereocenters. The molecular formula is C28H39N3O6. The van der Waals surface area contributed by atoms with E-state index in [2.05, 4.69) is 10.3 Å². The molecule has 0 saturated carbocycles. The highest BCUT2D eigenvalue weighted by molar-refractivity contribution is 5.37. The Bertz CT molecular complexity index is 1140. The summed E-state index contributed by atoms with van der Waals surface area (Å²) in [6, 6.07) is 12.5. The summed E-state index contributed by atoms with van der Waals surface area (Å²) in [7, 11) is 0. The number of nitrogens with zero attached hydrogens (tertiary/aromatic N) is 1. The second-order valence-corrected chi connectivity index (χ2v) is 9.23. The molecule has 1 heterocycles. The molecule has 0 amide bonds. The Balaban J connectivity index is 1.17. The van der Waals surface area contributed by atoms with Crippen molar-refractivity contribution < 1.29 is 25.2 Å². The number of nitrogens with one attached hydrogen (secondary N) is 2. The molecule has 9 heteroatoms. The predicted octanol–water partition coefficient (Wildman–Crippen LogP) is 3.29. The lowest BCUT2D eigenvalue weighted by molar-refractivity contribution is 0.126. The van der Waals surface area contributed by atoms with Crippen LogP contribution >= 0.6 is 0 Å². The van der Waals surface area contributed by atoms with Crippen molar-refractivity contribution in [2.45, 2.75) is 57.7 Å². The minimum Gasteiger partial charge on any atom is -0.508 e. The van der Waals surface area contributed by atoms with Crippen molar-refractivity contribution >= 4 is 0 Å². The Labute approximate surface area is 217 Å². The van der Waals surface area contributed by atoms with Crippen molar-refractivity contribution in [2.24, 2.45) is 0 Å². The maximum absolute atomic E-state index is 11.8. The number of hydrogen-bond acceptors (Lipinski definition) is 7. The van der Waals surface area contributed by atoms with Gasteiger partial charge in [-0.05, 0) is 74.0 Å². The van der Waals surface area contributed by atoms with Gasteiger partial charge >= 0.3 is 5.69 Å². The number of ether oxygens (including phenoxy) is 1. The van der Waals surface area contributed by atoms with Gasteiger partial charge in [-0.3, -0.25) is 9.55 Å². The highest BCUT2D eigenvalue weighted by atomic mass is 16.5. The molecule has 37 heavy (non-hydrogen) atoms. The third-order valence-electron chi connectivity index (χ3n) is 6.29. The first kappa shape index (κ1) is 28.5. The third kappa shape index (κ3) is 9.36. The van der Waals surface area contributed by atoms with Gasteiger partial charge in [-0.25, -0.2) is 4.79 Å². The molecule has 1 aromatic heterocycles. The smallest absolute Gasteiger partial charge is 0.332 e. The van der Waals surface area contributed by atoms with E-state index in [1.807, 2.05) is 24.3 Å². The Morgan fingerprint density at radius 2 is 1.76 bits per heavy atom. The molecule has 202 valence electrons. The summed E-state index contributed by atoms with van der Waals surface area (Å²) in [6.45, 7) is 2.49. The lowest BCUT2D eigenvalue weighted by atomic mass is 10.1. The van der Waals surface area contributed by atoms with Gasteiger partial charge < -0.3 is 30.5 Å². The second kappa shape index (κ2) is 15.2. The number of aromatic nitrogens is 2. The van der Waals surface area contributed by atoms with Gasteiger partial charge in [-0.2, -0.15) is 0 Å². The zero-order valence-corrected chi connectivity index (χ0v) is 21.2. The van der Waals surface area contributed by atoms with Crippen LogP contribution in [0.2, 0.25) is 0 Å². The molecule has 0 fully saturated rings. The largest absolute Gasteiger partial charge is 0.508 e. The van der Waals surface area contributed by atoms with E-state index in [1.54, 1.807) is 12.1 Å². The van der Waals surface area contributed by atoms with Crippen molar-refractivity contribution in [3.63, 3.8) is 0 Å². The quantitative estimate of drug-likeness (QED) is 0.152. The standard InChI is InChI=1S/C28H39N3O6/c32-20-23-17-22(11-12-25(23)33)26(34)18-29-13-4-1-2-5-14-37-15-6-3-8-21-9-7-10-24(16-21)31-19-27(35)30-28(31)36/h7,9-12,16-17,19,26,29,32-35H,1-6,8,13-15,18,20H2,(H,30,36)/t26-/m0/s1. The van der Waals surface area contributed by atoms with Crippen LogP contribution in [-0.2, 0) is 17.8 Å². The van der Waals surface area contributed by atoms with Crippen LogP contribution in [0.1, 0.15) is 61.3 Å². The van der Waals surface area contributed by atoms with Crippen LogP contribution in [0, 0.1) is 0 Å². The number of imidazole rings is 1. The first-order valence-electron chi connectivity index (χ1n) is 13.0. The molecular weight excluding hydrogens is 474 g/mol. The number of hydrogen-bond donors (Lipinski definition) is 6. The van der Waals surface area contributed by atoms with E-state index in [0.29, 0.717) is 17.7 Å². The number of aromatic hydroxyl groups is 2.